The van der Waals surface area contributed by atoms with Crippen LogP contribution in [0.4, 0.5) is 0 Å². The summed E-state index contributed by atoms with van der Waals surface area (Å²) in [6.45, 7) is 1.69. The van der Waals surface area contributed by atoms with Crippen LogP contribution in [0.2, 0.25) is 0 Å². The summed E-state index contributed by atoms with van der Waals surface area (Å²) in [7, 11) is 1.52. The monoisotopic (exact) mass is 116 g/mol. The average molecular weight is 116 g/mol. The van der Waals surface area contributed by atoms with E-state index in [-0.39, 0.29) is 0 Å². The van der Waals surface area contributed by atoms with Crippen molar-refractivity contribution in [2.75, 3.05) is 7.11 Å². The lowest BCUT2D eigenvalue weighted by Gasteiger charge is -2.19. The minimum atomic E-state index is -0.875. The fourth-order valence-corrected chi connectivity index (χ4v) is 0.427. The number of ether oxygens (including phenoxy) is 3. The lowest BCUT2D eigenvalue weighted by Crippen LogP contribution is -2.27. The van der Waals surface area contributed by atoms with Crippen LogP contribution in [0.25, 0.3) is 0 Å². The molecular weight excluding hydrogens is 108 g/mol. The van der Waals surface area contributed by atoms with E-state index in [0.29, 0.717) is 0 Å². The Labute approximate surface area is 47.8 Å². The topological polar surface area (TPSA) is 27.7 Å². The zero-order valence-electron chi connectivity index (χ0n) is 4.88. The lowest BCUT2D eigenvalue weighted by atomic mass is 10.6. The number of hydrogen-bond donors (Lipinski definition) is 0. The van der Waals surface area contributed by atoms with Crippen LogP contribution < -0.4 is 0 Å². The summed E-state index contributed by atoms with van der Waals surface area (Å²) in [5.41, 5.74) is 0. The van der Waals surface area contributed by atoms with Crippen LogP contribution in [-0.2, 0) is 14.2 Å². The summed E-state index contributed by atoms with van der Waals surface area (Å²) in [5.74, 6) is -0.875. The molecule has 0 amide bonds. The molecule has 0 saturated heterocycles. The second-order valence-corrected chi connectivity index (χ2v) is 1.57. The maximum Gasteiger partial charge on any atom is 0.367 e. The van der Waals surface area contributed by atoms with Gasteiger partial charge in [-0.3, -0.25) is 0 Å². The van der Waals surface area contributed by atoms with E-state index in [4.69, 9.17) is 14.2 Å². The first kappa shape index (κ1) is 5.44. The van der Waals surface area contributed by atoms with E-state index in [9.17, 15) is 0 Å². The van der Waals surface area contributed by atoms with Gasteiger partial charge in [0.2, 0.25) is 0 Å². The van der Waals surface area contributed by atoms with E-state index in [1.807, 2.05) is 0 Å². The Hall–Kier alpha value is -0.700. The van der Waals surface area contributed by atoms with Crippen LogP contribution in [0.5, 0.6) is 0 Å². The van der Waals surface area contributed by atoms with E-state index >= 15 is 0 Å². The molecule has 0 aromatic rings. The van der Waals surface area contributed by atoms with Crippen molar-refractivity contribution in [3.05, 3.63) is 12.5 Å². The van der Waals surface area contributed by atoms with Gasteiger partial charge in [-0.2, -0.15) is 0 Å². The fraction of sp³-hybridized carbons (Fsp3) is 0.600. The van der Waals surface area contributed by atoms with Gasteiger partial charge < -0.3 is 14.2 Å². The molecule has 0 bridgehead atoms. The summed E-state index contributed by atoms with van der Waals surface area (Å²) in [5, 5.41) is 0. The predicted octanol–water partition coefficient (Wildman–Crippen LogP) is 0.825. The summed E-state index contributed by atoms with van der Waals surface area (Å²) in [6.07, 6.45) is 2.90. The molecule has 0 atom stereocenters. The van der Waals surface area contributed by atoms with E-state index in [1.165, 1.54) is 19.6 Å². The molecule has 0 aromatic carbocycles. The molecule has 3 nitrogen and oxygen atoms in total. The molecule has 0 saturated carbocycles. The Morgan fingerprint density at radius 1 is 1.38 bits per heavy atom. The van der Waals surface area contributed by atoms with Crippen LogP contribution in [0.15, 0.2) is 12.5 Å². The van der Waals surface area contributed by atoms with Crippen molar-refractivity contribution in [1.82, 2.24) is 0 Å². The SMILES string of the molecule is COC1(C)OC=CO1. The molecule has 0 spiro atoms. The molecule has 1 heterocycles. The molecule has 1 rings (SSSR count). The molecule has 0 aromatic heterocycles. The fourth-order valence-electron chi connectivity index (χ4n) is 0.427. The second kappa shape index (κ2) is 1.67. The minimum Gasteiger partial charge on any atom is -0.435 e. The van der Waals surface area contributed by atoms with Gasteiger partial charge in [0, 0.05) is 14.0 Å². The minimum absolute atomic E-state index is 0.875. The highest BCUT2D eigenvalue weighted by Crippen LogP contribution is 2.18. The highest BCUT2D eigenvalue weighted by atomic mass is 16.9. The molecule has 0 radical (unpaired) electrons. The maximum atomic E-state index is 4.86. The zero-order valence-corrected chi connectivity index (χ0v) is 4.88. The molecule has 1 aliphatic rings. The van der Waals surface area contributed by atoms with Gasteiger partial charge >= 0.3 is 5.97 Å². The van der Waals surface area contributed by atoms with Crippen LogP contribution in [0.3, 0.4) is 0 Å². The Kier molecular flexibility index (Phi) is 1.13. The molecule has 0 N–H and O–H groups in total. The third kappa shape index (κ3) is 0.767. The molecule has 3 heteroatoms. The number of methoxy groups -OCH3 is 1. The molecule has 46 valence electrons. The first-order valence-corrected chi connectivity index (χ1v) is 2.33. The normalized spacial score (nSPS) is 22.2. The molecule has 0 aliphatic carbocycles. The first-order valence-electron chi connectivity index (χ1n) is 2.33. The summed E-state index contributed by atoms with van der Waals surface area (Å²) >= 11 is 0. The van der Waals surface area contributed by atoms with Crippen molar-refractivity contribution in [3.63, 3.8) is 0 Å². The van der Waals surface area contributed by atoms with Crippen molar-refractivity contribution in [2.24, 2.45) is 0 Å². The third-order valence-electron chi connectivity index (χ3n) is 0.991. The van der Waals surface area contributed by atoms with Gasteiger partial charge in [-0.05, 0) is 0 Å². The van der Waals surface area contributed by atoms with Crippen LogP contribution >= 0.6 is 0 Å². The third-order valence-corrected chi connectivity index (χ3v) is 0.991. The van der Waals surface area contributed by atoms with Crippen molar-refractivity contribution in [1.29, 1.82) is 0 Å². The molecule has 1 aliphatic heterocycles. The summed E-state index contributed by atoms with van der Waals surface area (Å²) in [4.78, 5) is 0. The van der Waals surface area contributed by atoms with Gasteiger partial charge in [0.05, 0.1) is 0 Å². The van der Waals surface area contributed by atoms with E-state index in [0.717, 1.165) is 0 Å². The van der Waals surface area contributed by atoms with Gasteiger partial charge in [-0.1, -0.05) is 0 Å². The van der Waals surface area contributed by atoms with Crippen LogP contribution in [-0.4, -0.2) is 13.1 Å². The molecule has 8 heavy (non-hydrogen) atoms. The zero-order chi connectivity index (χ0) is 6.04. The number of hydrogen-bond acceptors (Lipinski definition) is 3. The van der Waals surface area contributed by atoms with Crippen LogP contribution in [0.1, 0.15) is 6.92 Å². The van der Waals surface area contributed by atoms with E-state index in [1.54, 1.807) is 6.92 Å². The van der Waals surface area contributed by atoms with Gasteiger partial charge in [0.1, 0.15) is 12.5 Å². The Morgan fingerprint density at radius 3 is 2.12 bits per heavy atom. The van der Waals surface area contributed by atoms with Crippen molar-refractivity contribution in [2.45, 2.75) is 12.9 Å². The van der Waals surface area contributed by atoms with Crippen LogP contribution in [0, 0.1) is 0 Å². The van der Waals surface area contributed by atoms with Gasteiger partial charge in [-0.25, -0.2) is 0 Å². The quantitative estimate of drug-likeness (QED) is 0.507. The lowest BCUT2D eigenvalue weighted by molar-refractivity contribution is -0.296. The smallest absolute Gasteiger partial charge is 0.367 e. The standard InChI is InChI=1S/C5H8O3/c1-5(6-2)7-3-4-8-5/h3-4H,1-2H3. The highest BCUT2D eigenvalue weighted by Gasteiger charge is 2.28. The second-order valence-electron chi connectivity index (χ2n) is 1.57. The van der Waals surface area contributed by atoms with E-state index in [2.05, 4.69) is 0 Å². The Balaban J connectivity index is 2.46. The highest BCUT2D eigenvalue weighted by molar-refractivity contribution is 4.72. The van der Waals surface area contributed by atoms with E-state index < -0.39 is 5.97 Å². The van der Waals surface area contributed by atoms with Gasteiger partial charge in [0.15, 0.2) is 0 Å². The maximum absolute atomic E-state index is 4.86. The number of rotatable bonds is 1. The first-order chi connectivity index (χ1) is 3.77. The summed E-state index contributed by atoms with van der Waals surface area (Å²) in [6, 6.07) is 0. The van der Waals surface area contributed by atoms with Crippen molar-refractivity contribution >= 4 is 0 Å². The Morgan fingerprint density at radius 2 is 1.88 bits per heavy atom. The average Bonchev–Trinajstić information content (AvgIpc) is 2.17. The predicted molar refractivity (Wildman–Crippen MR) is 26.7 cm³/mol. The molecule has 0 fully saturated rings. The van der Waals surface area contributed by atoms with Crippen molar-refractivity contribution in [3.8, 4) is 0 Å². The largest absolute Gasteiger partial charge is 0.435 e. The Bertz CT molecular complexity index is 100. The van der Waals surface area contributed by atoms with Crippen molar-refractivity contribution < 1.29 is 14.2 Å². The van der Waals surface area contributed by atoms with Gasteiger partial charge in [0.25, 0.3) is 0 Å². The summed E-state index contributed by atoms with van der Waals surface area (Å²) < 4.78 is 14.5. The molecule has 0 unspecified atom stereocenters. The van der Waals surface area contributed by atoms with Gasteiger partial charge in [-0.15, -0.1) is 0 Å². The molecular formula is C5H8O3.